The number of carbonyl (C=O) groups excluding carboxylic acids is 3. The number of piperazine rings is 1. The van der Waals surface area contributed by atoms with Crippen molar-refractivity contribution >= 4 is 69.6 Å². The van der Waals surface area contributed by atoms with Crippen LogP contribution in [0.2, 0.25) is 18.1 Å². The smallest absolute Gasteiger partial charge is 0.343 e. The van der Waals surface area contributed by atoms with Crippen LogP contribution in [0.25, 0.3) is 66.9 Å². The van der Waals surface area contributed by atoms with Crippen molar-refractivity contribution in [2.45, 2.75) is 184 Å². The summed E-state index contributed by atoms with van der Waals surface area (Å²) in [4.78, 5) is 97.6. The van der Waals surface area contributed by atoms with Gasteiger partial charge < -0.3 is 67.8 Å². The number of anilines is 1. The SMILES string of the molecule is C.C.C.CC[C@@]1(O)C(=O)OCc2c1cc1n(c2=O)Cc2c-1nc1cc3c(cc1c2N1CCN(C)CC1)OCCO3.CC[C@@]1(O)C(=O)OCc2c1cc1n(c2=O)Cc2c-1nc1ccccc1c2CCNC(C)C.CC[C@@]1(O)C(=O)OCc2c1cc1n(c2=O)Cc2c-1nc1ccccc1c2[Si](C)(C)C(C)(C)C. The number of hydrogen-bond acceptors (Lipinski definition) is 20. The van der Waals surface area contributed by atoms with E-state index in [1.807, 2.05) is 48.5 Å². The molecule has 8 aliphatic heterocycles. The van der Waals surface area contributed by atoms with Crippen molar-refractivity contribution in [2.75, 3.05) is 57.9 Å². The van der Waals surface area contributed by atoms with Crippen LogP contribution in [0.1, 0.15) is 153 Å². The van der Waals surface area contributed by atoms with Crippen LogP contribution in [0.4, 0.5) is 5.69 Å². The third-order valence-electron chi connectivity index (χ3n) is 22.9. The second-order valence-corrected chi connectivity index (χ2v) is 35.1. The van der Waals surface area contributed by atoms with E-state index in [1.165, 1.54) is 10.8 Å². The number of carbonyl (C=O) groups is 3. The highest BCUT2D eigenvalue weighted by Crippen LogP contribution is 2.48. The molecule has 105 heavy (non-hydrogen) atoms. The summed E-state index contributed by atoms with van der Waals surface area (Å²) in [7, 11) is 0.0971. The van der Waals surface area contributed by atoms with Gasteiger partial charge >= 0.3 is 17.9 Å². The molecule has 0 aliphatic carbocycles. The van der Waals surface area contributed by atoms with E-state index in [9.17, 15) is 44.1 Å². The Hall–Kier alpha value is -9.43. The van der Waals surface area contributed by atoms with Crippen molar-refractivity contribution in [3.05, 3.63) is 166 Å². The molecule has 3 atom stereocenters. The van der Waals surface area contributed by atoms with E-state index in [-0.39, 0.29) is 83.1 Å². The van der Waals surface area contributed by atoms with Crippen LogP contribution in [0, 0.1) is 0 Å². The van der Waals surface area contributed by atoms with Gasteiger partial charge in [0, 0.05) is 76.9 Å². The summed E-state index contributed by atoms with van der Waals surface area (Å²) >= 11 is 0. The molecule has 3 aromatic carbocycles. The maximum Gasteiger partial charge on any atom is 0.343 e. The Labute approximate surface area is 611 Å². The fraction of sp³-hybridized carbons (Fsp3) is 0.444. The predicted molar refractivity (Wildman–Crippen MR) is 408 cm³/mol. The second-order valence-electron chi connectivity index (χ2n) is 29.9. The first kappa shape index (κ1) is 75.3. The summed E-state index contributed by atoms with van der Waals surface area (Å²) in [6, 6.07) is 25.8. The number of aromatic nitrogens is 6. The highest BCUT2D eigenvalue weighted by Gasteiger charge is 2.50. The number of nitrogens with zero attached hydrogens (tertiary/aromatic N) is 8. The fourth-order valence-electron chi connectivity index (χ4n) is 16.0. The van der Waals surface area contributed by atoms with E-state index in [0.717, 1.165) is 106 Å². The minimum absolute atomic E-state index is 0. The predicted octanol–water partition coefficient (Wildman–Crippen LogP) is 9.93. The monoisotopic (exact) mass is 1450 g/mol. The van der Waals surface area contributed by atoms with Crippen LogP contribution in [0.5, 0.6) is 11.5 Å². The van der Waals surface area contributed by atoms with Gasteiger partial charge in [0.15, 0.2) is 28.3 Å². The van der Waals surface area contributed by atoms with Crippen LogP contribution < -0.4 is 41.6 Å². The van der Waals surface area contributed by atoms with Crippen LogP contribution in [0.3, 0.4) is 0 Å². The minimum atomic E-state index is -2.02. The molecular formula is C81H97N9O14Si. The van der Waals surface area contributed by atoms with Gasteiger partial charge in [-0.15, -0.1) is 0 Å². The number of fused-ring (bicyclic) bond motifs is 16. The highest BCUT2D eigenvalue weighted by molar-refractivity contribution is 6.94. The Morgan fingerprint density at radius 1 is 0.524 bits per heavy atom. The van der Waals surface area contributed by atoms with Crippen molar-refractivity contribution in [3.63, 3.8) is 0 Å². The zero-order valence-electron chi connectivity index (χ0n) is 59.5. The molecule has 554 valence electrons. The van der Waals surface area contributed by atoms with Gasteiger partial charge in [0.1, 0.15) is 33.0 Å². The molecule has 0 amide bonds. The number of para-hydroxylation sites is 2. The van der Waals surface area contributed by atoms with Crippen LogP contribution in [-0.4, -0.2) is 134 Å². The number of esters is 3. The number of nitrogens with one attached hydrogen (secondary N) is 1. The third kappa shape index (κ3) is 11.8. The molecule has 0 saturated carbocycles. The zero-order valence-corrected chi connectivity index (χ0v) is 60.5. The standard InChI is InChI=1S/C27H28N4O6.C26H30N2O4Si.C25H27N3O4.3CH4/c1-3-27(34)18-11-20-23-16(13-31(20)25(32)17(18)14-37-26(27)33)24(30-6-4-29(2)5-7-30)15-10-21-22(12-19(15)28-23)36-9-8-35-21;1-7-26(31)18-12-20-21-16(13-28(20)23(29)17(18)14-32-24(26)30)22(33(5,6)25(2,3)4)15-10-8-9-11-19(15)27-21;1-4-25(31)19-11-21-22-17(12-28(21)23(29)18(19)13-32-24(25)30)15(9-10-26-14(2)3)16-7-5-6-8-20(16)27-22;;;/h10-12,34H,3-9,13-14H2,1-2H3;8-12,31H,7,13-14H2,1-6H3;5-8,11,14,26,31H,4,9-10,12-13H2,1-3H3;3*1H4/t27-;26-;25-;;;/m000.../s1. The minimum Gasteiger partial charge on any atom is -0.486 e. The van der Waals surface area contributed by atoms with Gasteiger partial charge in [-0.25, -0.2) is 29.3 Å². The second kappa shape index (κ2) is 27.5. The van der Waals surface area contributed by atoms with Crippen LogP contribution in [-0.2, 0) is 91.3 Å². The molecular weight excluding hydrogens is 1350 g/mol. The van der Waals surface area contributed by atoms with Crippen LogP contribution in [0.15, 0.2) is 93.2 Å². The number of likely N-dealkylation sites (N-methyl/N-ethyl adjacent to an activating group) is 1. The van der Waals surface area contributed by atoms with Crippen molar-refractivity contribution in [3.8, 4) is 45.7 Å². The average molecular weight is 1450 g/mol. The van der Waals surface area contributed by atoms with Crippen molar-refractivity contribution in [1.29, 1.82) is 0 Å². The lowest BCUT2D eigenvalue weighted by molar-refractivity contribution is -0.172. The highest BCUT2D eigenvalue weighted by atomic mass is 28.3. The van der Waals surface area contributed by atoms with E-state index >= 15 is 0 Å². The van der Waals surface area contributed by atoms with Gasteiger partial charge in [0.25, 0.3) is 16.7 Å². The van der Waals surface area contributed by atoms with Crippen molar-refractivity contribution in [2.24, 2.45) is 0 Å². The van der Waals surface area contributed by atoms with Gasteiger partial charge in [-0.1, -0.05) is 127 Å². The Balaban J connectivity index is 0.000000146. The molecule has 23 nitrogen and oxygen atoms in total. The Bertz CT molecular complexity index is 5280. The number of benzene rings is 3. The first-order chi connectivity index (χ1) is 48.6. The fourth-order valence-corrected chi connectivity index (χ4v) is 18.6. The molecule has 14 heterocycles. The molecule has 0 radical (unpaired) electrons. The molecule has 0 unspecified atom stereocenters. The molecule has 1 fully saturated rings. The lowest BCUT2D eigenvalue weighted by atomic mass is 9.86. The molecule has 9 aromatic rings. The van der Waals surface area contributed by atoms with Gasteiger partial charge in [-0.2, -0.15) is 0 Å². The number of pyridine rings is 6. The van der Waals surface area contributed by atoms with Gasteiger partial charge in [-0.05, 0) is 102 Å². The normalized spacial score (nSPS) is 20.0. The number of hydrogen-bond donors (Lipinski definition) is 4. The molecule has 8 aliphatic rings. The summed E-state index contributed by atoms with van der Waals surface area (Å²) in [6.07, 6.45) is 1.18. The Morgan fingerprint density at radius 2 is 0.933 bits per heavy atom. The van der Waals surface area contributed by atoms with Crippen molar-refractivity contribution in [1.82, 2.24) is 38.9 Å². The molecule has 1 saturated heterocycles. The molecule has 24 heteroatoms. The van der Waals surface area contributed by atoms with Crippen LogP contribution >= 0.6 is 0 Å². The van der Waals surface area contributed by atoms with E-state index in [0.29, 0.717) is 107 Å². The van der Waals surface area contributed by atoms with E-state index in [1.54, 1.807) is 52.7 Å². The summed E-state index contributed by atoms with van der Waals surface area (Å²) < 4.78 is 32.5. The molecule has 0 spiro atoms. The summed E-state index contributed by atoms with van der Waals surface area (Å²) in [5.41, 5.74) is 7.82. The maximum absolute atomic E-state index is 13.7. The van der Waals surface area contributed by atoms with E-state index < -0.39 is 42.8 Å². The first-order valence-corrected chi connectivity index (χ1v) is 38.4. The van der Waals surface area contributed by atoms with E-state index in [4.69, 9.17) is 38.6 Å². The zero-order chi connectivity index (χ0) is 72.0. The lowest BCUT2D eigenvalue weighted by Crippen LogP contribution is -2.51. The third-order valence-corrected chi connectivity index (χ3v) is 28.4. The molecule has 4 N–H and O–H groups in total. The van der Waals surface area contributed by atoms with Gasteiger partial charge in [0.05, 0.1) is 101 Å². The largest absolute Gasteiger partial charge is 0.486 e. The summed E-state index contributed by atoms with van der Waals surface area (Å²) in [6.45, 7) is 27.2. The topological polar surface area (TPSA) is 281 Å². The van der Waals surface area contributed by atoms with Crippen molar-refractivity contribution < 1.29 is 53.4 Å². The Kier molecular flexibility index (Phi) is 19.7. The average Bonchev–Trinajstić information content (AvgIpc) is 1.59. The maximum atomic E-state index is 13.7. The molecule has 0 bridgehead atoms. The number of rotatable bonds is 9. The number of ether oxygens (including phenoxy) is 5. The number of aliphatic hydroxyl groups is 3. The Morgan fingerprint density at radius 3 is 1.40 bits per heavy atom. The molecule has 6 aromatic heterocycles. The van der Waals surface area contributed by atoms with Gasteiger partial charge in [0.2, 0.25) is 0 Å². The number of cyclic esters (lactones) is 3. The summed E-state index contributed by atoms with van der Waals surface area (Å²) in [5, 5.41) is 41.5. The molecule has 17 rings (SSSR count). The first-order valence-electron chi connectivity index (χ1n) is 35.4. The quantitative estimate of drug-likeness (QED) is 0.0594. The van der Waals surface area contributed by atoms with Gasteiger partial charge in [-0.3, -0.25) is 14.4 Å². The summed E-state index contributed by atoms with van der Waals surface area (Å²) in [5.74, 6) is -0.781. The van der Waals surface area contributed by atoms with E-state index in [2.05, 4.69) is 82.0 Å². The lowest BCUT2D eigenvalue weighted by Gasteiger charge is -2.39.